The van der Waals surface area contributed by atoms with Crippen LogP contribution in [0.1, 0.15) is 28.8 Å². The van der Waals surface area contributed by atoms with Crippen LogP contribution in [0.15, 0.2) is 48.7 Å². The van der Waals surface area contributed by atoms with Gasteiger partial charge in [0.15, 0.2) is 0 Å². The molecule has 0 atom stereocenters. The second kappa shape index (κ2) is 8.06. The molecule has 1 saturated heterocycles. The highest BCUT2D eigenvalue weighted by molar-refractivity contribution is 6.00. The van der Waals surface area contributed by atoms with Crippen molar-refractivity contribution in [3.63, 3.8) is 0 Å². The fourth-order valence-corrected chi connectivity index (χ4v) is 3.53. The molecule has 0 spiro atoms. The summed E-state index contributed by atoms with van der Waals surface area (Å²) in [6.45, 7) is 0.978. The molecule has 1 N–H and O–H groups in total. The number of hydrogen-bond acceptors (Lipinski definition) is 3. The van der Waals surface area contributed by atoms with Crippen LogP contribution >= 0.6 is 0 Å². The van der Waals surface area contributed by atoms with E-state index >= 15 is 0 Å². The largest absolute Gasteiger partial charge is 0.348 e. The maximum absolute atomic E-state index is 14.2. The number of aromatic nitrogens is 2. The molecule has 0 aliphatic carbocycles. The van der Waals surface area contributed by atoms with Crippen molar-refractivity contribution in [2.75, 3.05) is 11.4 Å². The summed E-state index contributed by atoms with van der Waals surface area (Å²) in [6.07, 6.45) is 2.92. The zero-order chi connectivity index (χ0) is 21.3. The first-order chi connectivity index (χ1) is 14.4. The van der Waals surface area contributed by atoms with Gasteiger partial charge in [-0.2, -0.15) is 5.10 Å². The van der Waals surface area contributed by atoms with Crippen LogP contribution in [-0.2, 0) is 18.4 Å². The van der Waals surface area contributed by atoms with Crippen LogP contribution in [0, 0.1) is 11.6 Å². The number of aryl methyl sites for hydroxylation is 1. The lowest BCUT2D eigenvalue weighted by Gasteiger charge is -2.16. The third kappa shape index (κ3) is 3.94. The van der Waals surface area contributed by atoms with Crippen LogP contribution in [-0.4, -0.2) is 28.1 Å². The number of halogens is 2. The Morgan fingerprint density at radius 1 is 1.17 bits per heavy atom. The number of anilines is 1. The van der Waals surface area contributed by atoms with Gasteiger partial charge in [-0.15, -0.1) is 0 Å². The van der Waals surface area contributed by atoms with E-state index < -0.39 is 17.5 Å². The predicted molar refractivity (Wildman–Crippen MR) is 108 cm³/mol. The van der Waals surface area contributed by atoms with E-state index in [1.54, 1.807) is 11.9 Å². The molecule has 0 bridgehead atoms. The minimum absolute atomic E-state index is 0.0572. The van der Waals surface area contributed by atoms with Crippen molar-refractivity contribution in [1.82, 2.24) is 15.1 Å². The van der Waals surface area contributed by atoms with E-state index in [4.69, 9.17) is 0 Å². The Bertz CT molecular complexity index is 1110. The van der Waals surface area contributed by atoms with Crippen LogP contribution in [0.3, 0.4) is 0 Å². The first-order valence-corrected chi connectivity index (χ1v) is 9.59. The second-order valence-electron chi connectivity index (χ2n) is 7.19. The predicted octanol–water partition coefficient (Wildman–Crippen LogP) is 3.42. The Hall–Kier alpha value is -3.55. The van der Waals surface area contributed by atoms with Crippen molar-refractivity contribution in [3.05, 3.63) is 71.4 Å². The Morgan fingerprint density at radius 3 is 2.60 bits per heavy atom. The topological polar surface area (TPSA) is 67.2 Å². The third-order valence-corrected chi connectivity index (χ3v) is 5.03. The zero-order valence-electron chi connectivity index (χ0n) is 16.4. The molecule has 1 aliphatic heterocycles. The Morgan fingerprint density at radius 2 is 1.93 bits per heavy atom. The highest BCUT2D eigenvalue weighted by Crippen LogP contribution is 2.26. The van der Waals surface area contributed by atoms with Crippen molar-refractivity contribution in [1.29, 1.82) is 0 Å². The molecule has 8 heteroatoms. The van der Waals surface area contributed by atoms with Gasteiger partial charge in [0.25, 0.3) is 5.91 Å². The molecule has 154 valence electrons. The van der Waals surface area contributed by atoms with Gasteiger partial charge in [0.05, 0.1) is 5.56 Å². The van der Waals surface area contributed by atoms with Gasteiger partial charge >= 0.3 is 0 Å². The summed E-state index contributed by atoms with van der Waals surface area (Å²) in [5.74, 6) is -1.78. The van der Waals surface area contributed by atoms with Gasteiger partial charge in [0.2, 0.25) is 5.91 Å². The van der Waals surface area contributed by atoms with E-state index in [2.05, 4.69) is 10.4 Å². The molecule has 1 aliphatic rings. The molecule has 0 unspecified atom stereocenters. The van der Waals surface area contributed by atoms with Crippen LogP contribution < -0.4 is 10.2 Å². The smallest absolute Gasteiger partial charge is 0.255 e. The zero-order valence-corrected chi connectivity index (χ0v) is 16.4. The number of hydrogen-bond donors (Lipinski definition) is 1. The van der Waals surface area contributed by atoms with Gasteiger partial charge in [-0.25, -0.2) is 8.78 Å². The van der Waals surface area contributed by atoms with Crippen molar-refractivity contribution in [3.8, 4) is 11.3 Å². The van der Waals surface area contributed by atoms with Crippen LogP contribution in [0.4, 0.5) is 14.5 Å². The molecule has 2 amide bonds. The normalized spacial score (nSPS) is 13.7. The van der Waals surface area contributed by atoms with E-state index in [9.17, 15) is 18.4 Å². The van der Waals surface area contributed by atoms with Gasteiger partial charge in [0.1, 0.15) is 17.3 Å². The lowest BCUT2D eigenvalue weighted by molar-refractivity contribution is -0.117. The van der Waals surface area contributed by atoms with Gasteiger partial charge in [-0.3, -0.25) is 14.3 Å². The molecule has 2 aromatic carbocycles. The number of benzene rings is 2. The van der Waals surface area contributed by atoms with E-state index in [1.807, 2.05) is 24.3 Å². The van der Waals surface area contributed by atoms with E-state index in [1.165, 1.54) is 16.9 Å². The van der Waals surface area contributed by atoms with E-state index in [0.29, 0.717) is 6.42 Å². The van der Waals surface area contributed by atoms with Gasteiger partial charge < -0.3 is 10.2 Å². The molecule has 1 fully saturated rings. The standard InChI is InChI=1S/C22H20F2N4O2/c1-27-13-18(21(26-27)17-9-6-15(23)11-19(17)24)22(30)25-12-14-4-7-16(8-5-14)28-10-2-3-20(28)29/h4-9,11,13H,2-3,10,12H2,1H3,(H,25,30). The van der Waals surface area contributed by atoms with Crippen LogP contribution in [0.2, 0.25) is 0 Å². The molecular formula is C22H20F2N4O2. The molecule has 0 radical (unpaired) electrons. The van der Waals surface area contributed by atoms with Gasteiger partial charge in [0, 0.05) is 50.1 Å². The Kier molecular flexibility index (Phi) is 5.31. The minimum atomic E-state index is -0.783. The summed E-state index contributed by atoms with van der Waals surface area (Å²) < 4.78 is 28.8. The lowest BCUT2D eigenvalue weighted by atomic mass is 10.1. The summed E-state index contributed by atoms with van der Waals surface area (Å²) in [7, 11) is 1.63. The molecular weight excluding hydrogens is 390 g/mol. The SMILES string of the molecule is Cn1cc(C(=O)NCc2ccc(N3CCCC3=O)cc2)c(-c2ccc(F)cc2F)n1. The second-order valence-corrected chi connectivity index (χ2v) is 7.19. The highest BCUT2D eigenvalue weighted by Gasteiger charge is 2.22. The molecule has 4 rings (SSSR count). The summed E-state index contributed by atoms with van der Waals surface area (Å²) in [4.78, 5) is 26.3. The van der Waals surface area contributed by atoms with Crippen LogP contribution in [0.5, 0.6) is 0 Å². The maximum atomic E-state index is 14.2. The summed E-state index contributed by atoms with van der Waals surface area (Å²) in [6, 6.07) is 10.6. The van der Waals surface area contributed by atoms with Crippen molar-refractivity contribution >= 4 is 17.5 Å². The van der Waals surface area contributed by atoms with Gasteiger partial charge in [-0.05, 0) is 36.2 Å². The fraction of sp³-hybridized carbons (Fsp3) is 0.227. The quantitative estimate of drug-likeness (QED) is 0.701. The lowest BCUT2D eigenvalue weighted by Crippen LogP contribution is -2.24. The summed E-state index contributed by atoms with van der Waals surface area (Å²) in [5, 5.41) is 6.96. The molecule has 0 saturated carbocycles. The average Bonchev–Trinajstić information content (AvgIpc) is 3.32. The van der Waals surface area contributed by atoms with E-state index in [0.717, 1.165) is 36.3 Å². The van der Waals surface area contributed by atoms with Crippen molar-refractivity contribution in [2.24, 2.45) is 7.05 Å². The Balaban J connectivity index is 1.48. The first kappa shape index (κ1) is 19.8. The number of rotatable bonds is 5. The Labute approximate surface area is 172 Å². The molecule has 1 aromatic heterocycles. The fourth-order valence-electron chi connectivity index (χ4n) is 3.53. The monoisotopic (exact) mass is 410 g/mol. The average molecular weight is 410 g/mol. The highest BCUT2D eigenvalue weighted by atomic mass is 19.1. The van der Waals surface area contributed by atoms with Crippen molar-refractivity contribution in [2.45, 2.75) is 19.4 Å². The number of amides is 2. The molecule has 2 heterocycles. The molecule has 30 heavy (non-hydrogen) atoms. The van der Waals surface area contributed by atoms with Gasteiger partial charge in [-0.1, -0.05) is 12.1 Å². The molecule has 6 nitrogen and oxygen atoms in total. The number of nitrogens with zero attached hydrogens (tertiary/aromatic N) is 3. The minimum Gasteiger partial charge on any atom is -0.348 e. The number of carbonyl (C=O) groups excluding carboxylic acids is 2. The number of carbonyl (C=O) groups is 2. The molecule has 3 aromatic rings. The summed E-state index contributed by atoms with van der Waals surface area (Å²) in [5.41, 5.74) is 2.10. The third-order valence-electron chi connectivity index (χ3n) is 5.03. The van der Waals surface area contributed by atoms with Crippen LogP contribution in [0.25, 0.3) is 11.3 Å². The maximum Gasteiger partial charge on any atom is 0.255 e. The van der Waals surface area contributed by atoms with Crippen molar-refractivity contribution < 1.29 is 18.4 Å². The van der Waals surface area contributed by atoms with E-state index in [-0.39, 0.29) is 29.3 Å². The first-order valence-electron chi connectivity index (χ1n) is 9.59. The summed E-state index contributed by atoms with van der Waals surface area (Å²) >= 11 is 0. The number of nitrogens with one attached hydrogen (secondary N) is 1.